The van der Waals surface area contributed by atoms with Gasteiger partial charge in [0.05, 0.1) is 5.41 Å². The first-order chi connectivity index (χ1) is 13.3. The first-order valence-corrected chi connectivity index (χ1v) is 10.2. The first kappa shape index (κ1) is 18.9. The van der Waals surface area contributed by atoms with E-state index in [2.05, 4.69) is 45.0 Å². The van der Waals surface area contributed by atoms with Gasteiger partial charge in [-0.25, -0.2) is 0 Å². The highest BCUT2D eigenvalue weighted by molar-refractivity contribution is 5.99. The molecular formula is C25H29NO2. The lowest BCUT2D eigenvalue weighted by Crippen LogP contribution is -2.48. The van der Waals surface area contributed by atoms with Crippen molar-refractivity contribution >= 4 is 11.7 Å². The Morgan fingerprint density at radius 3 is 1.75 bits per heavy atom. The fourth-order valence-corrected chi connectivity index (χ4v) is 5.44. The van der Waals surface area contributed by atoms with Crippen LogP contribution < -0.4 is 0 Å². The Labute approximate surface area is 167 Å². The van der Waals surface area contributed by atoms with Crippen LogP contribution in [0.3, 0.4) is 0 Å². The molecule has 2 saturated carbocycles. The van der Waals surface area contributed by atoms with E-state index in [0.717, 1.165) is 24.0 Å². The van der Waals surface area contributed by atoms with E-state index in [1.807, 2.05) is 41.3 Å². The van der Waals surface area contributed by atoms with Crippen LogP contribution in [0.15, 0.2) is 60.7 Å². The summed E-state index contributed by atoms with van der Waals surface area (Å²) in [7, 11) is 0. The number of benzene rings is 2. The molecule has 2 atom stereocenters. The third kappa shape index (κ3) is 2.63. The third-order valence-corrected chi connectivity index (χ3v) is 7.83. The van der Waals surface area contributed by atoms with Crippen LogP contribution in [0.4, 0.5) is 0 Å². The lowest BCUT2D eigenvalue weighted by atomic mass is 9.64. The second-order valence-corrected chi connectivity index (χ2v) is 9.27. The minimum atomic E-state index is -0.581. The minimum Gasteiger partial charge on any atom is -0.334 e. The zero-order valence-electron chi connectivity index (χ0n) is 17.1. The molecule has 28 heavy (non-hydrogen) atoms. The van der Waals surface area contributed by atoms with Gasteiger partial charge >= 0.3 is 0 Å². The van der Waals surface area contributed by atoms with Gasteiger partial charge in [0.1, 0.15) is 5.78 Å². The Morgan fingerprint density at radius 1 is 0.857 bits per heavy atom. The van der Waals surface area contributed by atoms with Crippen LogP contribution in [0.2, 0.25) is 0 Å². The smallest absolute Gasteiger partial charge is 0.230 e. The van der Waals surface area contributed by atoms with Crippen molar-refractivity contribution in [1.82, 2.24) is 4.90 Å². The van der Waals surface area contributed by atoms with Crippen LogP contribution >= 0.6 is 0 Å². The van der Waals surface area contributed by atoms with E-state index in [9.17, 15) is 9.59 Å². The summed E-state index contributed by atoms with van der Waals surface area (Å²) in [6.07, 6.45) is 2.01. The Bertz CT molecular complexity index is 848. The molecule has 2 bridgehead atoms. The number of hydrogen-bond acceptors (Lipinski definition) is 2. The monoisotopic (exact) mass is 375 g/mol. The number of amides is 1. The van der Waals surface area contributed by atoms with Crippen LogP contribution in [0.1, 0.15) is 51.2 Å². The van der Waals surface area contributed by atoms with Gasteiger partial charge in [0.2, 0.25) is 5.91 Å². The van der Waals surface area contributed by atoms with Gasteiger partial charge in [-0.05, 0) is 29.4 Å². The largest absolute Gasteiger partial charge is 0.334 e. The standard InChI is InChI=1S/C25H29NO2/c1-23(2)24(3)14-15-25(23,16-21(24)27)22(28)26(17-19-10-6-4-7-11-19)18-20-12-8-5-9-13-20/h4-13H,14-18H2,1-3H3/t24-,25+/m0/s1. The van der Waals surface area contributed by atoms with Crippen molar-refractivity contribution < 1.29 is 9.59 Å². The lowest BCUT2D eigenvalue weighted by molar-refractivity contribution is -0.149. The SMILES string of the molecule is CC1(C)[C@]2(C(=O)N(Cc3ccccc3)Cc3ccccc3)CC[C@@]1(C)C(=O)C2. The molecule has 2 aromatic carbocycles. The molecule has 0 heterocycles. The molecule has 0 N–H and O–H groups in total. The number of ketones is 1. The second-order valence-electron chi connectivity index (χ2n) is 9.27. The normalized spacial score (nSPS) is 27.8. The van der Waals surface area contributed by atoms with Gasteiger partial charge in [0.15, 0.2) is 0 Å². The average molecular weight is 376 g/mol. The van der Waals surface area contributed by atoms with Crippen LogP contribution in [-0.2, 0) is 22.7 Å². The molecule has 2 aromatic rings. The van der Waals surface area contributed by atoms with E-state index in [1.165, 1.54) is 0 Å². The average Bonchev–Trinajstić information content (AvgIpc) is 2.99. The molecular weight excluding hydrogens is 346 g/mol. The Kier molecular flexibility index (Phi) is 4.45. The van der Waals surface area contributed by atoms with Crippen LogP contribution in [0.25, 0.3) is 0 Å². The van der Waals surface area contributed by atoms with E-state index in [1.54, 1.807) is 0 Å². The van der Waals surface area contributed by atoms with Crippen molar-refractivity contribution in [3.8, 4) is 0 Å². The van der Waals surface area contributed by atoms with Gasteiger partial charge in [0.25, 0.3) is 0 Å². The molecule has 0 radical (unpaired) electrons. The topological polar surface area (TPSA) is 37.4 Å². The van der Waals surface area contributed by atoms with Gasteiger partial charge < -0.3 is 4.90 Å². The second kappa shape index (κ2) is 6.58. The molecule has 0 saturated heterocycles. The molecule has 2 aliphatic carbocycles. The van der Waals surface area contributed by atoms with Crippen molar-refractivity contribution in [1.29, 1.82) is 0 Å². The molecule has 3 nitrogen and oxygen atoms in total. The number of Topliss-reactive ketones (excluding diaryl/α,β-unsaturated/α-hetero) is 1. The van der Waals surface area contributed by atoms with E-state index in [4.69, 9.17) is 0 Å². The van der Waals surface area contributed by atoms with Gasteiger partial charge in [0, 0.05) is 24.9 Å². The molecule has 2 aliphatic rings. The number of rotatable bonds is 5. The van der Waals surface area contributed by atoms with Crippen LogP contribution in [-0.4, -0.2) is 16.6 Å². The fourth-order valence-electron chi connectivity index (χ4n) is 5.44. The summed E-state index contributed by atoms with van der Waals surface area (Å²) in [6.45, 7) is 7.46. The van der Waals surface area contributed by atoms with Crippen molar-refractivity contribution in [2.24, 2.45) is 16.2 Å². The quantitative estimate of drug-likeness (QED) is 0.737. The number of carbonyl (C=O) groups is 2. The number of carbonyl (C=O) groups excluding carboxylic acids is 2. The Hall–Kier alpha value is -2.42. The molecule has 2 fully saturated rings. The van der Waals surface area contributed by atoms with E-state index in [0.29, 0.717) is 19.5 Å². The maximum absolute atomic E-state index is 14.0. The zero-order chi connectivity index (χ0) is 20.0. The predicted molar refractivity (Wildman–Crippen MR) is 110 cm³/mol. The fraction of sp³-hybridized carbons (Fsp3) is 0.440. The number of nitrogens with zero attached hydrogens (tertiary/aromatic N) is 1. The summed E-state index contributed by atoms with van der Waals surface area (Å²) >= 11 is 0. The summed E-state index contributed by atoms with van der Waals surface area (Å²) in [4.78, 5) is 28.8. The highest BCUT2D eigenvalue weighted by Gasteiger charge is 2.72. The Morgan fingerprint density at radius 2 is 1.36 bits per heavy atom. The molecule has 3 heteroatoms. The first-order valence-electron chi connectivity index (χ1n) is 10.2. The molecule has 146 valence electrons. The molecule has 4 rings (SSSR count). The van der Waals surface area contributed by atoms with E-state index >= 15 is 0 Å². The molecule has 0 aromatic heterocycles. The van der Waals surface area contributed by atoms with Gasteiger partial charge in [-0.2, -0.15) is 0 Å². The Balaban J connectivity index is 1.70. The van der Waals surface area contributed by atoms with E-state index in [-0.39, 0.29) is 22.5 Å². The maximum Gasteiger partial charge on any atom is 0.230 e. The summed E-state index contributed by atoms with van der Waals surface area (Å²) in [6, 6.07) is 20.3. The van der Waals surface area contributed by atoms with Gasteiger partial charge in [-0.15, -0.1) is 0 Å². The summed E-state index contributed by atoms with van der Waals surface area (Å²) in [5, 5.41) is 0. The molecule has 0 spiro atoms. The number of fused-ring (bicyclic) bond motifs is 2. The minimum absolute atomic E-state index is 0.139. The summed E-state index contributed by atoms with van der Waals surface area (Å²) in [5.41, 5.74) is 0.952. The third-order valence-electron chi connectivity index (χ3n) is 7.83. The van der Waals surface area contributed by atoms with Gasteiger partial charge in [-0.3, -0.25) is 9.59 Å². The van der Waals surface area contributed by atoms with Crippen LogP contribution in [0, 0.1) is 16.2 Å². The molecule has 1 amide bonds. The highest BCUT2D eigenvalue weighted by Crippen LogP contribution is 2.71. The summed E-state index contributed by atoms with van der Waals surface area (Å²) < 4.78 is 0. The van der Waals surface area contributed by atoms with Crippen molar-refractivity contribution in [3.05, 3.63) is 71.8 Å². The van der Waals surface area contributed by atoms with Gasteiger partial charge in [-0.1, -0.05) is 81.4 Å². The van der Waals surface area contributed by atoms with Crippen molar-refractivity contribution in [2.45, 2.75) is 53.1 Å². The van der Waals surface area contributed by atoms with Crippen molar-refractivity contribution in [3.63, 3.8) is 0 Å². The van der Waals surface area contributed by atoms with Crippen molar-refractivity contribution in [2.75, 3.05) is 0 Å². The summed E-state index contributed by atoms with van der Waals surface area (Å²) in [5.74, 6) is 0.399. The van der Waals surface area contributed by atoms with Crippen LogP contribution in [0.5, 0.6) is 0 Å². The highest BCUT2D eigenvalue weighted by atomic mass is 16.2. The number of hydrogen-bond donors (Lipinski definition) is 0. The molecule has 0 aliphatic heterocycles. The zero-order valence-corrected chi connectivity index (χ0v) is 17.1. The van der Waals surface area contributed by atoms with E-state index < -0.39 is 5.41 Å². The maximum atomic E-state index is 14.0. The molecule has 0 unspecified atom stereocenters. The lowest BCUT2D eigenvalue weighted by Gasteiger charge is -2.41. The predicted octanol–water partition coefficient (Wildman–Crippen LogP) is 5.00.